The van der Waals surface area contributed by atoms with Crippen LogP contribution in [0.1, 0.15) is 19.3 Å². The molecule has 0 fully saturated rings. The Morgan fingerprint density at radius 1 is 1.05 bits per heavy atom. The molecule has 0 amide bonds. The van der Waals surface area contributed by atoms with Gasteiger partial charge in [0.2, 0.25) is 5.75 Å². The van der Waals surface area contributed by atoms with Crippen LogP contribution >= 0.6 is 0 Å². The molecule has 1 aromatic rings. The molecule has 0 spiro atoms. The molecule has 0 saturated heterocycles. The second-order valence-electron chi connectivity index (χ2n) is 4.19. The summed E-state index contributed by atoms with van der Waals surface area (Å²) in [6, 6.07) is 3.51. The molecular formula is C14H22N2O4. The fourth-order valence-electron chi connectivity index (χ4n) is 1.75. The van der Waals surface area contributed by atoms with Gasteiger partial charge in [-0.3, -0.25) is 5.41 Å². The van der Waals surface area contributed by atoms with Crippen LogP contribution in [-0.2, 0) is 0 Å². The molecule has 0 aliphatic carbocycles. The Labute approximate surface area is 119 Å². The average molecular weight is 282 g/mol. The van der Waals surface area contributed by atoms with Crippen LogP contribution in [0, 0.1) is 5.41 Å². The number of benzene rings is 1. The highest BCUT2D eigenvalue weighted by molar-refractivity contribution is 5.76. The highest BCUT2D eigenvalue weighted by atomic mass is 16.5. The summed E-state index contributed by atoms with van der Waals surface area (Å²) in [5, 5.41) is 7.13. The topological polar surface area (TPSA) is 86.8 Å². The van der Waals surface area contributed by atoms with E-state index in [0.29, 0.717) is 36.0 Å². The van der Waals surface area contributed by atoms with Gasteiger partial charge in [0, 0.05) is 18.6 Å². The first-order valence-electron chi connectivity index (χ1n) is 6.38. The Balaban J connectivity index is 2.64. The monoisotopic (exact) mass is 282 g/mol. The van der Waals surface area contributed by atoms with E-state index in [9.17, 15) is 0 Å². The first-order chi connectivity index (χ1) is 9.62. The van der Waals surface area contributed by atoms with Gasteiger partial charge in [-0.05, 0) is 12.8 Å². The van der Waals surface area contributed by atoms with E-state index < -0.39 is 0 Å². The van der Waals surface area contributed by atoms with Crippen molar-refractivity contribution in [3.8, 4) is 23.0 Å². The minimum absolute atomic E-state index is 0.206. The molecule has 112 valence electrons. The fourth-order valence-corrected chi connectivity index (χ4v) is 1.75. The summed E-state index contributed by atoms with van der Waals surface area (Å²) >= 11 is 0. The Kier molecular flexibility index (Phi) is 6.49. The quantitative estimate of drug-likeness (QED) is 0.412. The van der Waals surface area contributed by atoms with Crippen molar-refractivity contribution >= 4 is 5.84 Å². The van der Waals surface area contributed by atoms with Crippen molar-refractivity contribution in [1.82, 2.24) is 0 Å². The normalized spacial score (nSPS) is 9.95. The Bertz CT molecular complexity index is 424. The molecule has 0 saturated carbocycles. The lowest BCUT2D eigenvalue weighted by molar-refractivity contribution is 0.293. The maximum atomic E-state index is 7.13. The molecule has 0 aliphatic heterocycles. The van der Waals surface area contributed by atoms with Gasteiger partial charge in [-0.1, -0.05) is 0 Å². The van der Waals surface area contributed by atoms with Crippen LogP contribution in [-0.4, -0.2) is 33.8 Å². The molecule has 1 rings (SSSR count). The predicted octanol–water partition coefficient (Wildman–Crippen LogP) is 2.20. The molecule has 3 N–H and O–H groups in total. The molecule has 0 aromatic heterocycles. The molecule has 0 bridgehead atoms. The maximum absolute atomic E-state index is 7.13. The summed E-state index contributed by atoms with van der Waals surface area (Å²) in [7, 11) is 4.69. The molecule has 0 radical (unpaired) electrons. The molecule has 6 heteroatoms. The average Bonchev–Trinajstić information content (AvgIpc) is 2.45. The van der Waals surface area contributed by atoms with Crippen molar-refractivity contribution in [3.05, 3.63) is 12.1 Å². The molecule has 0 heterocycles. The van der Waals surface area contributed by atoms with Gasteiger partial charge < -0.3 is 24.7 Å². The number of unbranched alkanes of at least 4 members (excludes halogenated alkanes) is 1. The second-order valence-corrected chi connectivity index (χ2v) is 4.19. The number of methoxy groups -OCH3 is 3. The van der Waals surface area contributed by atoms with Crippen LogP contribution in [0.15, 0.2) is 12.1 Å². The van der Waals surface area contributed by atoms with Gasteiger partial charge in [0.15, 0.2) is 11.5 Å². The molecule has 20 heavy (non-hydrogen) atoms. The minimum Gasteiger partial charge on any atom is -0.493 e. The molecule has 1 aromatic carbocycles. The third-order valence-electron chi connectivity index (χ3n) is 2.75. The van der Waals surface area contributed by atoms with Crippen molar-refractivity contribution < 1.29 is 18.9 Å². The number of nitrogens with one attached hydrogen (secondary N) is 1. The summed E-state index contributed by atoms with van der Waals surface area (Å²) in [6.45, 7) is 0.548. The van der Waals surface area contributed by atoms with Crippen LogP contribution in [0.2, 0.25) is 0 Å². The lowest BCUT2D eigenvalue weighted by atomic mass is 10.2. The van der Waals surface area contributed by atoms with Gasteiger partial charge >= 0.3 is 0 Å². The second kappa shape index (κ2) is 8.14. The van der Waals surface area contributed by atoms with Crippen molar-refractivity contribution in [2.45, 2.75) is 19.3 Å². The first-order valence-corrected chi connectivity index (χ1v) is 6.38. The molecule has 0 unspecified atom stereocenters. The van der Waals surface area contributed by atoms with Crippen LogP contribution < -0.4 is 24.7 Å². The zero-order valence-electron chi connectivity index (χ0n) is 12.2. The third-order valence-corrected chi connectivity index (χ3v) is 2.75. The maximum Gasteiger partial charge on any atom is 0.203 e. The summed E-state index contributed by atoms with van der Waals surface area (Å²) < 4.78 is 21.4. The number of rotatable bonds is 9. The van der Waals surface area contributed by atoms with E-state index in [4.69, 9.17) is 30.1 Å². The molecule has 6 nitrogen and oxygen atoms in total. The Morgan fingerprint density at radius 2 is 1.65 bits per heavy atom. The van der Waals surface area contributed by atoms with Gasteiger partial charge in [0.25, 0.3) is 0 Å². The summed E-state index contributed by atoms with van der Waals surface area (Å²) in [5.41, 5.74) is 5.29. The van der Waals surface area contributed by atoms with Crippen LogP contribution in [0.5, 0.6) is 23.0 Å². The highest BCUT2D eigenvalue weighted by Crippen LogP contribution is 2.40. The Morgan fingerprint density at radius 3 is 2.10 bits per heavy atom. The van der Waals surface area contributed by atoms with Gasteiger partial charge in [0.05, 0.1) is 33.8 Å². The van der Waals surface area contributed by atoms with Gasteiger partial charge in [-0.2, -0.15) is 0 Å². The van der Waals surface area contributed by atoms with Crippen molar-refractivity contribution in [2.75, 3.05) is 27.9 Å². The molecule has 0 aliphatic rings. The van der Waals surface area contributed by atoms with E-state index in [1.54, 1.807) is 33.5 Å². The third kappa shape index (κ3) is 4.53. The Hall–Kier alpha value is -2.11. The minimum atomic E-state index is 0.206. The zero-order valence-corrected chi connectivity index (χ0v) is 12.2. The van der Waals surface area contributed by atoms with E-state index >= 15 is 0 Å². The van der Waals surface area contributed by atoms with E-state index in [0.717, 1.165) is 12.8 Å². The zero-order chi connectivity index (χ0) is 15.0. The standard InChI is InChI=1S/C14H22N2O4/c1-17-11-8-10(9-12(18-2)14(11)19-3)20-7-5-4-6-13(15)16/h8-9H,4-7H2,1-3H3,(H3,15,16). The van der Waals surface area contributed by atoms with Crippen LogP contribution in [0.25, 0.3) is 0 Å². The number of hydrogen-bond acceptors (Lipinski definition) is 5. The van der Waals surface area contributed by atoms with Gasteiger partial charge in [-0.25, -0.2) is 0 Å². The smallest absolute Gasteiger partial charge is 0.203 e. The van der Waals surface area contributed by atoms with Crippen molar-refractivity contribution in [1.29, 1.82) is 5.41 Å². The van der Waals surface area contributed by atoms with Crippen molar-refractivity contribution in [2.24, 2.45) is 5.73 Å². The lowest BCUT2D eigenvalue weighted by Gasteiger charge is -2.14. The highest BCUT2D eigenvalue weighted by Gasteiger charge is 2.13. The number of amidine groups is 1. The predicted molar refractivity (Wildman–Crippen MR) is 77.4 cm³/mol. The number of ether oxygens (including phenoxy) is 4. The SMILES string of the molecule is COc1cc(OCCCCC(=N)N)cc(OC)c1OC. The molecule has 0 atom stereocenters. The van der Waals surface area contributed by atoms with E-state index in [1.165, 1.54) is 0 Å². The molecular weight excluding hydrogens is 260 g/mol. The van der Waals surface area contributed by atoms with Gasteiger partial charge in [0.1, 0.15) is 5.75 Å². The largest absolute Gasteiger partial charge is 0.493 e. The fraction of sp³-hybridized carbons (Fsp3) is 0.500. The summed E-state index contributed by atoms with van der Waals surface area (Å²) in [5.74, 6) is 2.52. The first kappa shape index (κ1) is 15.9. The number of hydrogen-bond donors (Lipinski definition) is 2. The van der Waals surface area contributed by atoms with Crippen molar-refractivity contribution in [3.63, 3.8) is 0 Å². The van der Waals surface area contributed by atoms with E-state index in [-0.39, 0.29) is 5.84 Å². The summed E-state index contributed by atoms with van der Waals surface area (Å²) in [4.78, 5) is 0. The van der Waals surface area contributed by atoms with E-state index in [2.05, 4.69) is 0 Å². The van der Waals surface area contributed by atoms with E-state index in [1.807, 2.05) is 0 Å². The van der Waals surface area contributed by atoms with Crippen LogP contribution in [0.4, 0.5) is 0 Å². The number of nitrogens with two attached hydrogens (primary N) is 1. The van der Waals surface area contributed by atoms with Crippen LogP contribution in [0.3, 0.4) is 0 Å². The summed E-state index contributed by atoms with van der Waals surface area (Å²) in [6.07, 6.45) is 2.26. The lowest BCUT2D eigenvalue weighted by Crippen LogP contribution is -2.09. The van der Waals surface area contributed by atoms with Gasteiger partial charge in [-0.15, -0.1) is 0 Å².